The number of carbonyl (C=O) groups is 2. The molecule has 0 aromatic heterocycles. The predicted octanol–water partition coefficient (Wildman–Crippen LogP) is 3.93. The third-order valence-electron chi connectivity index (χ3n) is 4.97. The molecule has 0 unspecified atom stereocenters. The second-order valence-electron chi connectivity index (χ2n) is 7.88. The minimum absolute atomic E-state index is 0.115. The normalized spacial score (nSPS) is 20.3. The molecular formula is C19H26N2O5. The Morgan fingerprint density at radius 3 is 2.46 bits per heavy atom. The van der Waals surface area contributed by atoms with E-state index < -0.39 is 10.8 Å². The van der Waals surface area contributed by atoms with Gasteiger partial charge in [-0.2, -0.15) is 0 Å². The van der Waals surface area contributed by atoms with Crippen LogP contribution < -0.4 is 5.32 Å². The van der Waals surface area contributed by atoms with Crippen molar-refractivity contribution in [2.75, 3.05) is 11.9 Å². The third kappa shape index (κ3) is 5.54. The topological polar surface area (TPSA) is 98.5 Å². The predicted molar refractivity (Wildman–Crippen MR) is 97.6 cm³/mol. The average molecular weight is 362 g/mol. The van der Waals surface area contributed by atoms with Gasteiger partial charge in [0.2, 0.25) is 0 Å². The molecule has 0 aliphatic heterocycles. The molecule has 0 radical (unpaired) electrons. The van der Waals surface area contributed by atoms with E-state index in [1.807, 2.05) is 0 Å². The summed E-state index contributed by atoms with van der Waals surface area (Å²) < 4.78 is 5.13. The summed E-state index contributed by atoms with van der Waals surface area (Å²) in [7, 11) is 0. The van der Waals surface area contributed by atoms with Crippen LogP contribution in [0.3, 0.4) is 0 Å². The van der Waals surface area contributed by atoms with Crippen molar-refractivity contribution in [2.45, 2.75) is 46.5 Å². The number of non-ortho nitro benzene ring substituents is 1. The summed E-state index contributed by atoms with van der Waals surface area (Å²) in [5, 5.41) is 13.2. The Morgan fingerprint density at radius 1 is 1.23 bits per heavy atom. The number of ether oxygens (including phenoxy) is 1. The molecular weight excluding hydrogens is 336 g/mol. The quantitative estimate of drug-likeness (QED) is 0.486. The first-order valence-corrected chi connectivity index (χ1v) is 8.88. The van der Waals surface area contributed by atoms with Gasteiger partial charge in [0.25, 0.3) is 11.6 Å². The molecule has 1 amide bonds. The molecule has 2 rings (SSSR count). The molecule has 7 nitrogen and oxygen atoms in total. The van der Waals surface area contributed by atoms with Crippen LogP contribution in [0, 0.1) is 27.4 Å². The van der Waals surface area contributed by atoms with E-state index >= 15 is 0 Å². The molecule has 0 heterocycles. The van der Waals surface area contributed by atoms with Gasteiger partial charge in [0, 0.05) is 17.8 Å². The van der Waals surface area contributed by atoms with Crippen LogP contribution in [0.2, 0.25) is 0 Å². The zero-order valence-corrected chi connectivity index (χ0v) is 15.5. The lowest BCUT2D eigenvalue weighted by molar-refractivity contribution is -0.384. The van der Waals surface area contributed by atoms with E-state index in [0.717, 1.165) is 25.7 Å². The lowest BCUT2D eigenvalue weighted by atomic mass is 9.70. The van der Waals surface area contributed by atoms with E-state index in [4.69, 9.17) is 4.74 Å². The van der Waals surface area contributed by atoms with Gasteiger partial charge in [-0.3, -0.25) is 19.7 Å². The molecule has 26 heavy (non-hydrogen) atoms. The Kier molecular flexibility index (Phi) is 6.34. The molecule has 0 spiro atoms. The highest BCUT2D eigenvalue weighted by molar-refractivity contribution is 5.93. The molecule has 1 aliphatic rings. The maximum Gasteiger partial charge on any atom is 0.309 e. The van der Waals surface area contributed by atoms with Crippen molar-refractivity contribution in [3.63, 3.8) is 0 Å². The van der Waals surface area contributed by atoms with Crippen LogP contribution in [0.1, 0.15) is 46.5 Å². The number of nitro groups is 1. The number of hydrogen-bond acceptors (Lipinski definition) is 5. The van der Waals surface area contributed by atoms with E-state index in [0.29, 0.717) is 11.6 Å². The molecule has 0 saturated heterocycles. The number of nitrogens with zero attached hydrogens (tertiary/aromatic N) is 1. The van der Waals surface area contributed by atoms with E-state index in [-0.39, 0.29) is 29.6 Å². The van der Waals surface area contributed by atoms with Crippen molar-refractivity contribution >= 4 is 23.3 Å². The summed E-state index contributed by atoms with van der Waals surface area (Å²) in [5.41, 5.74) is 0.425. The maximum absolute atomic E-state index is 12.2. The van der Waals surface area contributed by atoms with Crippen molar-refractivity contribution in [3.05, 3.63) is 34.4 Å². The van der Waals surface area contributed by atoms with E-state index in [2.05, 4.69) is 26.1 Å². The second kappa shape index (κ2) is 8.29. The highest BCUT2D eigenvalue weighted by Crippen LogP contribution is 2.40. The van der Waals surface area contributed by atoms with Crippen LogP contribution in [0.4, 0.5) is 11.4 Å². The molecule has 142 valence electrons. The third-order valence-corrected chi connectivity index (χ3v) is 4.97. The first-order chi connectivity index (χ1) is 12.2. The van der Waals surface area contributed by atoms with Gasteiger partial charge in [-0.1, -0.05) is 26.8 Å². The molecule has 1 fully saturated rings. The average Bonchev–Trinajstić information content (AvgIpc) is 2.59. The summed E-state index contributed by atoms with van der Waals surface area (Å²) in [6.45, 7) is 6.26. The molecule has 1 N–H and O–H groups in total. The van der Waals surface area contributed by atoms with Crippen LogP contribution in [-0.4, -0.2) is 23.4 Å². The van der Waals surface area contributed by atoms with Gasteiger partial charge in [0.05, 0.1) is 10.8 Å². The number of hydrogen-bond donors (Lipinski definition) is 1. The Balaban J connectivity index is 1.78. The van der Waals surface area contributed by atoms with Gasteiger partial charge in [0.1, 0.15) is 0 Å². The Hall–Kier alpha value is -2.44. The van der Waals surface area contributed by atoms with Crippen LogP contribution in [0.15, 0.2) is 24.3 Å². The largest absolute Gasteiger partial charge is 0.455 e. The summed E-state index contributed by atoms with van der Waals surface area (Å²) in [6, 6.07) is 5.62. The van der Waals surface area contributed by atoms with Crippen LogP contribution in [0.25, 0.3) is 0 Å². The monoisotopic (exact) mass is 362 g/mol. The fourth-order valence-electron chi connectivity index (χ4n) is 3.34. The Labute approximate surface area is 153 Å². The number of esters is 1. The first kappa shape index (κ1) is 19.9. The van der Waals surface area contributed by atoms with Crippen LogP contribution >= 0.6 is 0 Å². The summed E-state index contributed by atoms with van der Waals surface area (Å²) in [4.78, 5) is 34.3. The fraction of sp³-hybridized carbons (Fsp3) is 0.579. The zero-order chi connectivity index (χ0) is 19.3. The van der Waals surface area contributed by atoms with Crippen molar-refractivity contribution in [1.29, 1.82) is 0 Å². The van der Waals surface area contributed by atoms with Crippen molar-refractivity contribution in [3.8, 4) is 0 Å². The number of carbonyl (C=O) groups excluding carboxylic acids is 2. The maximum atomic E-state index is 12.2. The van der Waals surface area contributed by atoms with Crippen molar-refractivity contribution in [2.24, 2.45) is 17.3 Å². The fourth-order valence-corrected chi connectivity index (χ4v) is 3.34. The first-order valence-electron chi connectivity index (χ1n) is 8.88. The summed E-state index contributed by atoms with van der Waals surface area (Å²) in [5.74, 6) is -0.406. The summed E-state index contributed by atoms with van der Waals surface area (Å²) in [6.07, 6.45) is 3.55. The Bertz CT molecular complexity index is 673. The highest BCUT2D eigenvalue weighted by Gasteiger charge is 2.33. The highest BCUT2D eigenvalue weighted by atomic mass is 16.6. The molecule has 1 aromatic carbocycles. The number of benzene rings is 1. The lowest BCUT2D eigenvalue weighted by Gasteiger charge is -2.36. The van der Waals surface area contributed by atoms with Gasteiger partial charge in [-0.15, -0.1) is 0 Å². The molecule has 0 atom stereocenters. The van der Waals surface area contributed by atoms with Gasteiger partial charge < -0.3 is 10.1 Å². The van der Waals surface area contributed by atoms with Gasteiger partial charge in [-0.25, -0.2) is 0 Å². The minimum Gasteiger partial charge on any atom is -0.455 e. The SMILES string of the molecule is CC(C)(C)C1CCC(C(=O)OCC(=O)Nc2cccc([N+](=O)[O-])c2)CC1. The minimum atomic E-state index is -0.538. The standard InChI is InChI=1S/C19H26N2O5/c1-19(2,3)14-9-7-13(8-10-14)18(23)26-12-17(22)20-15-5-4-6-16(11-15)21(24)25/h4-6,11,13-14H,7-10,12H2,1-3H3,(H,20,22). The van der Waals surface area contributed by atoms with E-state index in [1.165, 1.54) is 18.2 Å². The summed E-state index contributed by atoms with van der Waals surface area (Å²) >= 11 is 0. The number of anilines is 1. The van der Waals surface area contributed by atoms with Crippen molar-refractivity contribution in [1.82, 2.24) is 0 Å². The molecule has 1 aromatic rings. The lowest BCUT2D eigenvalue weighted by Crippen LogP contribution is -2.31. The van der Waals surface area contributed by atoms with Crippen LogP contribution in [-0.2, 0) is 14.3 Å². The molecule has 1 saturated carbocycles. The smallest absolute Gasteiger partial charge is 0.309 e. The van der Waals surface area contributed by atoms with Gasteiger partial charge >= 0.3 is 5.97 Å². The van der Waals surface area contributed by atoms with E-state index in [1.54, 1.807) is 6.07 Å². The molecule has 1 aliphatic carbocycles. The number of nitrogens with one attached hydrogen (secondary N) is 1. The van der Waals surface area contributed by atoms with E-state index in [9.17, 15) is 19.7 Å². The number of nitro benzene ring substituents is 1. The zero-order valence-electron chi connectivity index (χ0n) is 15.5. The van der Waals surface area contributed by atoms with Crippen LogP contribution in [0.5, 0.6) is 0 Å². The second-order valence-corrected chi connectivity index (χ2v) is 7.88. The number of amides is 1. The molecule has 0 bridgehead atoms. The van der Waals surface area contributed by atoms with Crippen molar-refractivity contribution < 1.29 is 19.2 Å². The number of rotatable bonds is 5. The Morgan fingerprint density at radius 2 is 1.88 bits per heavy atom. The van der Waals surface area contributed by atoms with Gasteiger partial charge in [-0.05, 0) is 43.1 Å². The molecule has 7 heteroatoms. The van der Waals surface area contributed by atoms with Gasteiger partial charge in [0.15, 0.2) is 6.61 Å².